The van der Waals surface area contributed by atoms with Crippen molar-refractivity contribution in [1.29, 1.82) is 0 Å². The molecule has 2 aromatic carbocycles. The van der Waals surface area contributed by atoms with Crippen molar-refractivity contribution in [3.05, 3.63) is 95.6 Å². The molecule has 10 aromatic rings. The standard InChI is InChI=1S/C27H25F3N6O3.C23H16F3N5O3.C4H9NO.ClH/c1-37-16-13-35(14-16)12-15-9-19-22-23(39-26(19)31-11-15)25(36-5-7-38-8-6-36)34-24(33-22)17-3-2-4-20-18(17)10-21(32-20)27(28,29)30;24-23(25,26)17-9-14-13(2-1-3-16(14)28-17)20-29-18-15-8-12(11-32)10-27-22(15)34-19(18)21(30-20)31-4-6-33-7-5-31;1-6-4-2-5-3-4;/h2-4,9-11,16,32H,5-8,12-14H2,1H3;1-3,8-11,28H,4-7H2;4-5H,2-3H2,1H3;1H. The molecular formula is C54H51ClF6N12O7. The fraction of sp³-hybridized carbons (Fsp3) is 0.352. The average molecular weight is 1130 g/mol. The molecular weight excluding hydrogens is 1080 g/mol. The lowest BCUT2D eigenvalue weighted by atomic mass is 10.1. The van der Waals surface area contributed by atoms with Crippen LogP contribution in [0.3, 0.4) is 0 Å². The van der Waals surface area contributed by atoms with Gasteiger partial charge in [-0.3, -0.25) is 9.69 Å². The zero-order chi connectivity index (χ0) is 54.6. The summed E-state index contributed by atoms with van der Waals surface area (Å²) >= 11 is 0. The number of ether oxygens (including phenoxy) is 4. The molecule has 12 heterocycles. The number of hydrogen-bond acceptors (Lipinski definition) is 17. The second-order valence-corrected chi connectivity index (χ2v) is 19.4. The number of alkyl halides is 6. The number of nitrogens with zero attached hydrogens (tertiary/aromatic N) is 9. The Morgan fingerprint density at radius 2 is 1.12 bits per heavy atom. The zero-order valence-corrected chi connectivity index (χ0v) is 43.7. The van der Waals surface area contributed by atoms with Crippen LogP contribution >= 0.6 is 12.4 Å². The quantitative estimate of drug-likeness (QED) is 0.0908. The van der Waals surface area contributed by atoms with Crippen molar-refractivity contribution in [2.75, 3.05) is 103 Å². The Hall–Kier alpha value is -7.52. The van der Waals surface area contributed by atoms with E-state index < -0.39 is 23.7 Å². The summed E-state index contributed by atoms with van der Waals surface area (Å²) in [6.07, 6.45) is -4.38. The maximum Gasteiger partial charge on any atom is 0.431 e. The first-order valence-electron chi connectivity index (χ1n) is 25.4. The van der Waals surface area contributed by atoms with Crippen LogP contribution in [0.15, 0.2) is 81.9 Å². The second-order valence-electron chi connectivity index (χ2n) is 19.4. The zero-order valence-electron chi connectivity index (χ0n) is 42.9. The van der Waals surface area contributed by atoms with Gasteiger partial charge >= 0.3 is 12.4 Å². The highest BCUT2D eigenvalue weighted by Gasteiger charge is 2.35. The van der Waals surface area contributed by atoms with E-state index in [0.717, 1.165) is 49.3 Å². The number of pyridine rings is 2. The lowest BCUT2D eigenvalue weighted by Gasteiger charge is -2.38. The summed E-state index contributed by atoms with van der Waals surface area (Å²) in [5.41, 5.74) is 3.96. The Labute approximate surface area is 456 Å². The minimum atomic E-state index is -4.52. The van der Waals surface area contributed by atoms with E-state index in [1.807, 2.05) is 11.0 Å². The number of aromatic nitrogens is 8. The van der Waals surface area contributed by atoms with Gasteiger partial charge in [0.15, 0.2) is 40.7 Å². The number of furan rings is 2. The van der Waals surface area contributed by atoms with Crippen molar-refractivity contribution in [3.63, 3.8) is 0 Å². The fourth-order valence-corrected chi connectivity index (χ4v) is 9.95. The summed E-state index contributed by atoms with van der Waals surface area (Å²) in [5.74, 6) is 1.64. The van der Waals surface area contributed by atoms with Crippen LogP contribution in [0.2, 0.25) is 0 Å². The van der Waals surface area contributed by atoms with Crippen molar-refractivity contribution < 1.29 is 58.9 Å². The van der Waals surface area contributed by atoms with Gasteiger partial charge in [0.1, 0.15) is 22.4 Å². The molecule has 26 heteroatoms. The first kappa shape index (κ1) is 54.4. The molecule has 4 aliphatic heterocycles. The van der Waals surface area contributed by atoms with Crippen molar-refractivity contribution in [3.8, 4) is 22.8 Å². The van der Waals surface area contributed by atoms with Crippen LogP contribution in [0.25, 0.3) is 89.0 Å². The Morgan fingerprint density at radius 3 is 1.56 bits per heavy atom. The predicted molar refractivity (Wildman–Crippen MR) is 287 cm³/mol. The lowest BCUT2D eigenvalue weighted by molar-refractivity contribution is -0.141. The molecule has 418 valence electrons. The second kappa shape index (κ2) is 22.2. The van der Waals surface area contributed by atoms with E-state index in [-0.39, 0.29) is 24.3 Å². The van der Waals surface area contributed by atoms with Gasteiger partial charge in [0.25, 0.3) is 0 Å². The molecule has 14 rings (SSSR count). The van der Waals surface area contributed by atoms with Gasteiger partial charge in [0, 0.05) is 124 Å². The van der Waals surface area contributed by atoms with Gasteiger partial charge in [-0.1, -0.05) is 24.3 Å². The largest absolute Gasteiger partial charge is 0.432 e. The molecule has 0 atom stereocenters. The fourth-order valence-electron chi connectivity index (χ4n) is 9.95. The monoisotopic (exact) mass is 1130 g/mol. The van der Waals surface area contributed by atoms with Crippen molar-refractivity contribution >= 4 is 96.5 Å². The number of fused-ring (bicyclic) bond motifs is 8. The number of anilines is 2. The van der Waals surface area contributed by atoms with E-state index in [1.165, 1.54) is 6.20 Å². The number of morpholine rings is 2. The van der Waals surface area contributed by atoms with Crippen molar-refractivity contribution in [2.24, 2.45) is 0 Å². The van der Waals surface area contributed by atoms with Gasteiger partial charge in [-0.2, -0.15) is 26.3 Å². The Kier molecular flexibility index (Phi) is 15.1. The number of hydrogen-bond donors (Lipinski definition) is 3. The number of carbonyl (C=O) groups is 1. The molecule has 4 aliphatic rings. The number of likely N-dealkylation sites (tertiary alicyclic amines) is 1. The predicted octanol–water partition coefficient (Wildman–Crippen LogP) is 9.22. The van der Waals surface area contributed by atoms with E-state index in [0.29, 0.717) is 167 Å². The number of benzene rings is 2. The molecule has 0 unspecified atom stereocenters. The Bertz CT molecular complexity index is 3880. The highest BCUT2D eigenvalue weighted by Crippen LogP contribution is 2.41. The number of H-pyrrole nitrogens is 2. The summed E-state index contributed by atoms with van der Waals surface area (Å²) in [5, 5.41) is 5.09. The molecule has 19 nitrogen and oxygen atoms in total. The van der Waals surface area contributed by atoms with Crippen LogP contribution < -0.4 is 15.1 Å². The van der Waals surface area contributed by atoms with E-state index >= 15 is 0 Å². The molecule has 0 amide bonds. The maximum atomic E-state index is 13.5. The molecule has 0 aliphatic carbocycles. The maximum absolute atomic E-state index is 13.5. The van der Waals surface area contributed by atoms with Crippen LogP contribution in [0.5, 0.6) is 0 Å². The highest BCUT2D eigenvalue weighted by atomic mass is 35.5. The topological polar surface area (TPSA) is 211 Å². The molecule has 0 spiro atoms. The highest BCUT2D eigenvalue weighted by molar-refractivity contribution is 6.08. The SMILES string of the molecule is COC1CN(Cc2cnc3oc4c(N5CCOCC5)nc(-c5cccc6[nH]c(C(F)(F)F)cc56)nc4c3c2)C1.COC1CNC1.Cl.O=Cc1cnc2oc3c(N4CCOCC4)nc(-c4cccc5[nH]c(C(F)(F)F)cc45)nc3c2c1. The number of carbonyl (C=O) groups excluding carboxylic acids is 1. The number of nitrogens with one attached hydrogen (secondary N) is 3. The van der Waals surface area contributed by atoms with E-state index in [2.05, 4.69) is 40.0 Å². The van der Waals surface area contributed by atoms with E-state index in [9.17, 15) is 31.1 Å². The number of aromatic amines is 2. The average Bonchev–Trinajstić information content (AvgIpc) is 4.42. The molecule has 8 aromatic heterocycles. The molecule has 80 heavy (non-hydrogen) atoms. The number of rotatable bonds is 9. The van der Waals surface area contributed by atoms with Crippen LogP contribution in [0, 0.1) is 0 Å². The Morgan fingerprint density at radius 1 is 0.637 bits per heavy atom. The van der Waals surface area contributed by atoms with E-state index in [4.69, 9.17) is 42.7 Å². The van der Waals surface area contributed by atoms with Crippen LogP contribution in [-0.4, -0.2) is 156 Å². The summed E-state index contributed by atoms with van der Waals surface area (Å²) in [6, 6.07) is 15.8. The normalized spacial score (nSPS) is 16.6. The molecule has 3 N–H and O–H groups in total. The first-order chi connectivity index (χ1) is 38.2. The van der Waals surface area contributed by atoms with Crippen LogP contribution in [0.1, 0.15) is 27.3 Å². The molecule has 0 bridgehead atoms. The van der Waals surface area contributed by atoms with Crippen LogP contribution in [-0.2, 0) is 37.8 Å². The van der Waals surface area contributed by atoms with Gasteiger partial charge in [0.05, 0.1) is 49.4 Å². The third-order valence-electron chi connectivity index (χ3n) is 14.3. The molecule has 4 fully saturated rings. The number of aldehydes is 1. The van der Waals surface area contributed by atoms with Crippen LogP contribution in [0.4, 0.5) is 38.0 Å². The third-order valence-corrected chi connectivity index (χ3v) is 14.3. The van der Waals surface area contributed by atoms with Gasteiger partial charge in [-0.15, -0.1) is 12.4 Å². The van der Waals surface area contributed by atoms with Gasteiger partial charge in [-0.05, 0) is 42.0 Å². The summed E-state index contributed by atoms with van der Waals surface area (Å²) < 4.78 is 114. The van der Waals surface area contributed by atoms with E-state index in [1.54, 1.807) is 62.9 Å². The van der Waals surface area contributed by atoms with Crippen molar-refractivity contribution in [2.45, 2.75) is 31.1 Å². The van der Waals surface area contributed by atoms with Gasteiger partial charge in [0.2, 0.25) is 11.4 Å². The van der Waals surface area contributed by atoms with Gasteiger partial charge in [-0.25, -0.2) is 29.9 Å². The minimum absolute atomic E-state index is 0. The first-order valence-corrected chi connectivity index (χ1v) is 25.4. The minimum Gasteiger partial charge on any atom is -0.432 e. The molecule has 0 radical (unpaired) electrons. The summed E-state index contributed by atoms with van der Waals surface area (Å²) in [6.45, 7) is 8.88. The number of methoxy groups -OCH3 is 2. The van der Waals surface area contributed by atoms with Gasteiger partial charge < -0.3 is 52.9 Å². The van der Waals surface area contributed by atoms with Crippen molar-refractivity contribution in [1.82, 2.24) is 50.1 Å². The lowest BCUT2D eigenvalue weighted by Crippen LogP contribution is -2.50. The Balaban J connectivity index is 0.000000152. The third kappa shape index (κ3) is 10.7. The number of halogens is 7. The molecule has 0 saturated carbocycles. The summed E-state index contributed by atoms with van der Waals surface area (Å²) in [4.78, 5) is 50.4. The smallest absolute Gasteiger partial charge is 0.431 e. The summed E-state index contributed by atoms with van der Waals surface area (Å²) in [7, 11) is 3.46. The molecule has 4 saturated heterocycles.